The van der Waals surface area contributed by atoms with Gasteiger partial charge >= 0.3 is 0 Å². The SMILES string of the molecule is CN(C)C[C@@H]1CN(C2CCOCC2)C[C@H]1NC(=O)c1cccc2[nH]ccc12. The third-order valence-corrected chi connectivity index (χ3v) is 5.93. The fourth-order valence-electron chi connectivity index (χ4n) is 4.60. The molecule has 1 amide bonds. The Morgan fingerprint density at radius 1 is 1.26 bits per heavy atom. The molecule has 0 radical (unpaired) electrons. The lowest BCUT2D eigenvalue weighted by molar-refractivity contribution is 0.0403. The van der Waals surface area contributed by atoms with Crippen LogP contribution in [0.4, 0.5) is 0 Å². The van der Waals surface area contributed by atoms with Crippen molar-refractivity contribution < 1.29 is 9.53 Å². The molecule has 3 heterocycles. The van der Waals surface area contributed by atoms with Gasteiger partial charge in [-0.05, 0) is 45.1 Å². The molecule has 6 heteroatoms. The van der Waals surface area contributed by atoms with Crippen molar-refractivity contribution in [1.29, 1.82) is 0 Å². The Kier molecular flexibility index (Phi) is 5.48. The first-order valence-corrected chi connectivity index (χ1v) is 9.95. The molecule has 2 aromatic rings. The summed E-state index contributed by atoms with van der Waals surface area (Å²) in [7, 11) is 4.22. The molecule has 0 bridgehead atoms. The summed E-state index contributed by atoms with van der Waals surface area (Å²) in [6.45, 7) is 4.66. The summed E-state index contributed by atoms with van der Waals surface area (Å²) in [6, 6.07) is 8.59. The van der Waals surface area contributed by atoms with Crippen molar-refractivity contribution in [1.82, 2.24) is 20.1 Å². The van der Waals surface area contributed by atoms with E-state index in [2.05, 4.69) is 34.2 Å². The topological polar surface area (TPSA) is 60.6 Å². The number of hydrogen-bond acceptors (Lipinski definition) is 4. The average molecular weight is 370 g/mol. The van der Waals surface area contributed by atoms with Crippen molar-refractivity contribution in [3.8, 4) is 0 Å². The van der Waals surface area contributed by atoms with Crippen LogP contribution < -0.4 is 5.32 Å². The molecule has 2 N–H and O–H groups in total. The summed E-state index contributed by atoms with van der Waals surface area (Å²) < 4.78 is 5.53. The number of nitrogens with zero attached hydrogens (tertiary/aromatic N) is 2. The smallest absolute Gasteiger partial charge is 0.252 e. The number of hydrogen-bond donors (Lipinski definition) is 2. The van der Waals surface area contributed by atoms with Crippen LogP contribution in [-0.2, 0) is 4.74 Å². The van der Waals surface area contributed by atoms with E-state index in [1.165, 1.54) is 0 Å². The molecule has 6 nitrogen and oxygen atoms in total. The van der Waals surface area contributed by atoms with Crippen LogP contribution in [0.5, 0.6) is 0 Å². The molecule has 0 unspecified atom stereocenters. The number of rotatable bonds is 5. The van der Waals surface area contributed by atoms with Gasteiger partial charge in [0.05, 0.1) is 0 Å². The van der Waals surface area contributed by atoms with Crippen molar-refractivity contribution in [3.63, 3.8) is 0 Å². The molecule has 2 aliphatic heterocycles. The summed E-state index contributed by atoms with van der Waals surface area (Å²) in [5, 5.41) is 4.33. The van der Waals surface area contributed by atoms with Gasteiger partial charge in [-0.1, -0.05) is 6.07 Å². The van der Waals surface area contributed by atoms with Gasteiger partial charge in [0, 0.05) is 73.5 Å². The second kappa shape index (κ2) is 8.00. The lowest BCUT2D eigenvalue weighted by atomic mass is 10.0. The highest BCUT2D eigenvalue weighted by molar-refractivity contribution is 6.06. The lowest BCUT2D eigenvalue weighted by Crippen LogP contribution is -2.44. The third kappa shape index (κ3) is 4.03. The van der Waals surface area contributed by atoms with E-state index in [0.29, 0.717) is 12.0 Å². The number of amides is 1. The van der Waals surface area contributed by atoms with Crippen molar-refractivity contribution in [2.75, 3.05) is 46.9 Å². The molecule has 2 aliphatic rings. The van der Waals surface area contributed by atoms with Crippen LogP contribution >= 0.6 is 0 Å². The highest BCUT2D eigenvalue weighted by Crippen LogP contribution is 2.25. The Hall–Kier alpha value is -1.89. The van der Waals surface area contributed by atoms with Crippen LogP contribution in [0, 0.1) is 5.92 Å². The van der Waals surface area contributed by atoms with Crippen molar-refractivity contribution in [2.45, 2.75) is 24.9 Å². The fourth-order valence-corrected chi connectivity index (χ4v) is 4.60. The van der Waals surface area contributed by atoms with Gasteiger partial charge in [0.25, 0.3) is 5.91 Å². The predicted molar refractivity (Wildman–Crippen MR) is 107 cm³/mol. The van der Waals surface area contributed by atoms with Gasteiger partial charge in [-0.15, -0.1) is 0 Å². The highest BCUT2D eigenvalue weighted by atomic mass is 16.5. The number of carbonyl (C=O) groups is 1. The number of fused-ring (bicyclic) bond motifs is 1. The zero-order valence-corrected chi connectivity index (χ0v) is 16.3. The van der Waals surface area contributed by atoms with Crippen LogP contribution in [0.15, 0.2) is 30.5 Å². The Balaban J connectivity index is 1.49. The number of likely N-dealkylation sites (tertiary alicyclic amines) is 1. The Morgan fingerprint density at radius 2 is 2.07 bits per heavy atom. The molecule has 0 saturated carbocycles. The first-order chi connectivity index (χ1) is 13.1. The minimum atomic E-state index is 0.0304. The van der Waals surface area contributed by atoms with Gasteiger partial charge in [-0.25, -0.2) is 0 Å². The first-order valence-electron chi connectivity index (χ1n) is 9.95. The quantitative estimate of drug-likeness (QED) is 0.844. The van der Waals surface area contributed by atoms with Crippen LogP contribution in [0.2, 0.25) is 0 Å². The maximum atomic E-state index is 13.0. The Labute approximate surface area is 160 Å². The summed E-state index contributed by atoms with van der Waals surface area (Å²) in [5.41, 5.74) is 1.75. The van der Waals surface area contributed by atoms with Crippen molar-refractivity contribution in [2.24, 2.45) is 5.92 Å². The Morgan fingerprint density at radius 3 is 2.85 bits per heavy atom. The van der Waals surface area contributed by atoms with Gasteiger partial charge in [0.1, 0.15) is 0 Å². The molecule has 1 aromatic carbocycles. The predicted octanol–water partition coefficient (Wildman–Crippen LogP) is 1.94. The second-order valence-electron chi connectivity index (χ2n) is 8.14. The van der Waals surface area contributed by atoms with E-state index >= 15 is 0 Å². The van der Waals surface area contributed by atoms with Crippen LogP contribution in [0.3, 0.4) is 0 Å². The normalized spacial score (nSPS) is 24.7. The zero-order chi connectivity index (χ0) is 18.8. The van der Waals surface area contributed by atoms with E-state index in [0.717, 1.165) is 62.2 Å². The van der Waals surface area contributed by atoms with Crippen LogP contribution in [0.25, 0.3) is 10.9 Å². The molecule has 27 heavy (non-hydrogen) atoms. The van der Waals surface area contributed by atoms with Crippen LogP contribution in [-0.4, -0.2) is 79.7 Å². The number of H-pyrrole nitrogens is 1. The summed E-state index contributed by atoms with van der Waals surface area (Å²) in [4.78, 5) is 21.0. The minimum absolute atomic E-state index is 0.0304. The molecule has 1 aromatic heterocycles. The molecule has 2 saturated heterocycles. The molecule has 0 aliphatic carbocycles. The number of benzene rings is 1. The van der Waals surface area contributed by atoms with E-state index in [9.17, 15) is 4.79 Å². The van der Waals surface area contributed by atoms with Gasteiger partial charge < -0.3 is 19.9 Å². The van der Waals surface area contributed by atoms with E-state index < -0.39 is 0 Å². The zero-order valence-electron chi connectivity index (χ0n) is 16.3. The van der Waals surface area contributed by atoms with Gasteiger partial charge in [-0.2, -0.15) is 0 Å². The monoisotopic (exact) mass is 370 g/mol. The van der Waals surface area contributed by atoms with Crippen LogP contribution in [0.1, 0.15) is 23.2 Å². The maximum absolute atomic E-state index is 13.0. The van der Waals surface area contributed by atoms with Crippen molar-refractivity contribution in [3.05, 3.63) is 36.0 Å². The van der Waals surface area contributed by atoms with E-state index in [1.807, 2.05) is 30.5 Å². The molecular formula is C21H30N4O2. The number of ether oxygens (including phenoxy) is 1. The minimum Gasteiger partial charge on any atom is -0.381 e. The van der Waals surface area contributed by atoms with Crippen molar-refractivity contribution >= 4 is 16.8 Å². The fraction of sp³-hybridized carbons (Fsp3) is 0.571. The summed E-state index contributed by atoms with van der Waals surface area (Å²) in [6.07, 6.45) is 4.08. The molecule has 2 atom stereocenters. The number of aromatic nitrogens is 1. The standard InChI is InChI=1S/C21H30N4O2/c1-24(2)12-15-13-25(16-7-10-27-11-8-16)14-20(15)23-21(26)18-4-3-5-19-17(18)6-9-22-19/h3-6,9,15-16,20,22H,7-8,10-14H2,1-2H3,(H,23,26)/t15-,20-/m1/s1. The number of carbonyl (C=O) groups excluding carboxylic acids is 1. The summed E-state index contributed by atoms with van der Waals surface area (Å²) in [5.74, 6) is 0.472. The molecule has 2 fully saturated rings. The highest BCUT2D eigenvalue weighted by Gasteiger charge is 2.37. The largest absolute Gasteiger partial charge is 0.381 e. The number of aromatic amines is 1. The number of nitrogens with one attached hydrogen (secondary N) is 2. The second-order valence-corrected chi connectivity index (χ2v) is 8.14. The third-order valence-electron chi connectivity index (χ3n) is 5.93. The van der Waals surface area contributed by atoms with E-state index in [-0.39, 0.29) is 11.9 Å². The summed E-state index contributed by atoms with van der Waals surface area (Å²) >= 11 is 0. The Bertz CT molecular complexity index is 781. The van der Waals surface area contributed by atoms with E-state index in [1.54, 1.807) is 0 Å². The molecule has 4 rings (SSSR count). The maximum Gasteiger partial charge on any atom is 0.252 e. The lowest BCUT2D eigenvalue weighted by Gasteiger charge is -2.31. The molecular weight excluding hydrogens is 340 g/mol. The van der Waals surface area contributed by atoms with E-state index in [4.69, 9.17) is 4.74 Å². The van der Waals surface area contributed by atoms with Gasteiger partial charge in [0.15, 0.2) is 0 Å². The van der Waals surface area contributed by atoms with Gasteiger partial charge in [0.2, 0.25) is 0 Å². The average Bonchev–Trinajstić information content (AvgIpc) is 3.29. The first kappa shape index (κ1) is 18.5. The van der Waals surface area contributed by atoms with Gasteiger partial charge in [-0.3, -0.25) is 9.69 Å². The molecule has 0 spiro atoms. The molecule has 146 valence electrons.